The van der Waals surface area contributed by atoms with Crippen molar-refractivity contribution in [3.8, 4) is 0 Å². The van der Waals surface area contributed by atoms with Gasteiger partial charge in [0.05, 0.1) is 37.0 Å². The minimum Gasteiger partial charge on any atom is -0.459 e. The number of aliphatic hydroxyl groups is 3. The van der Waals surface area contributed by atoms with Gasteiger partial charge in [0.2, 0.25) is 5.91 Å². The number of nitrogens with one attached hydrogen (secondary N) is 1. The Bertz CT molecular complexity index is 1480. The van der Waals surface area contributed by atoms with Crippen molar-refractivity contribution in [2.24, 2.45) is 16.7 Å². The number of ether oxygens (including phenoxy) is 5. The molecule has 15 nitrogen and oxygen atoms in total. The Morgan fingerprint density at radius 2 is 1.67 bits per heavy atom. The second kappa shape index (κ2) is 12.3. The fraction of sp³-hybridized carbons (Fsp3) is 0.697. The highest BCUT2D eigenvalue weighted by molar-refractivity contribution is 5.95. The molecule has 1 saturated heterocycles. The SMILES string of the molecule is CC(=O)O[C@@H]1C(=O)[C@@]2(C)[C@H]([C@@H]3OC(=O)C/C=C/CC(=O)NC[C@H](O)C(=O)O[C@H]4C[C@]3(O)C(C)(C)C1=C4C)[C@]1(OC(C)=O)CO[C@@H]1C[C@@H]2O. The zero-order valence-electron chi connectivity index (χ0n) is 27.8. The van der Waals surface area contributed by atoms with Crippen LogP contribution in [0.5, 0.6) is 0 Å². The van der Waals surface area contributed by atoms with Crippen LogP contribution in [-0.2, 0) is 52.5 Å². The monoisotopic (exact) mass is 677 g/mol. The molecular formula is C33H43NO14. The smallest absolute Gasteiger partial charge is 0.337 e. The summed E-state index contributed by atoms with van der Waals surface area (Å²) in [5.41, 5.74) is -7.26. The molecule has 0 unspecified atom stereocenters. The molecule has 3 aliphatic carbocycles. The van der Waals surface area contributed by atoms with Crippen LogP contribution in [0.15, 0.2) is 23.3 Å². The summed E-state index contributed by atoms with van der Waals surface area (Å²) in [5, 5.41) is 37.9. The van der Waals surface area contributed by atoms with Crippen molar-refractivity contribution >= 4 is 35.6 Å². The number of hydrogen-bond acceptors (Lipinski definition) is 14. The van der Waals surface area contributed by atoms with Crippen molar-refractivity contribution in [3.05, 3.63) is 23.3 Å². The van der Waals surface area contributed by atoms with E-state index in [4.69, 9.17) is 23.7 Å². The van der Waals surface area contributed by atoms with Gasteiger partial charge in [0.15, 0.2) is 23.6 Å². The maximum Gasteiger partial charge on any atom is 0.337 e. The topological polar surface area (TPSA) is 221 Å². The van der Waals surface area contributed by atoms with Gasteiger partial charge >= 0.3 is 23.9 Å². The first-order valence-corrected chi connectivity index (χ1v) is 15.9. The van der Waals surface area contributed by atoms with Gasteiger partial charge in [0.25, 0.3) is 0 Å². The number of carbonyl (C=O) groups is 6. The van der Waals surface area contributed by atoms with E-state index in [9.17, 15) is 39.3 Å². The molecule has 2 aliphatic heterocycles. The van der Waals surface area contributed by atoms with Crippen LogP contribution in [-0.4, -0.2) is 112 Å². The molecule has 0 spiro atoms. The lowest BCUT2D eigenvalue weighted by molar-refractivity contribution is -0.347. The first-order valence-electron chi connectivity index (χ1n) is 15.9. The highest BCUT2D eigenvalue weighted by Crippen LogP contribution is 2.64. The van der Waals surface area contributed by atoms with Gasteiger partial charge < -0.3 is 44.3 Å². The first kappa shape index (κ1) is 35.6. The van der Waals surface area contributed by atoms with Gasteiger partial charge in [-0.3, -0.25) is 24.0 Å². The fourth-order valence-electron chi connectivity index (χ4n) is 8.40. The van der Waals surface area contributed by atoms with Crippen LogP contribution >= 0.6 is 0 Å². The molecule has 5 rings (SSSR count). The van der Waals surface area contributed by atoms with Crippen molar-refractivity contribution in [2.75, 3.05) is 13.2 Å². The summed E-state index contributed by atoms with van der Waals surface area (Å²) < 4.78 is 29.3. The van der Waals surface area contributed by atoms with Crippen LogP contribution in [0.3, 0.4) is 0 Å². The largest absolute Gasteiger partial charge is 0.459 e. The molecule has 2 saturated carbocycles. The van der Waals surface area contributed by atoms with Crippen LogP contribution in [0.4, 0.5) is 0 Å². The van der Waals surface area contributed by atoms with Gasteiger partial charge in [0.1, 0.15) is 23.9 Å². The number of aliphatic hydroxyl groups excluding tert-OH is 2. The molecule has 48 heavy (non-hydrogen) atoms. The summed E-state index contributed by atoms with van der Waals surface area (Å²) in [6.45, 7) is 7.50. The number of amides is 1. The first-order chi connectivity index (χ1) is 22.3. The van der Waals surface area contributed by atoms with Crippen molar-refractivity contribution in [1.29, 1.82) is 0 Å². The van der Waals surface area contributed by atoms with Crippen molar-refractivity contribution in [3.63, 3.8) is 0 Å². The lowest BCUT2D eigenvalue weighted by Gasteiger charge is -2.67. The van der Waals surface area contributed by atoms with Crippen LogP contribution < -0.4 is 5.32 Å². The van der Waals surface area contributed by atoms with Crippen LogP contribution in [0.2, 0.25) is 0 Å². The number of β-amino-alcohol motifs (C(OH)–C–C–N with tert-alkyl or cyclic N) is 1. The number of hydrogen-bond donors (Lipinski definition) is 4. The predicted octanol–water partition coefficient (Wildman–Crippen LogP) is -0.283. The van der Waals surface area contributed by atoms with Crippen LogP contribution in [0, 0.1) is 16.7 Å². The number of carbonyl (C=O) groups excluding carboxylic acids is 6. The number of esters is 4. The lowest BCUT2D eigenvalue weighted by Crippen LogP contribution is -2.82. The van der Waals surface area contributed by atoms with E-state index in [2.05, 4.69) is 5.32 Å². The molecule has 0 aromatic rings. The van der Waals surface area contributed by atoms with Crippen LogP contribution in [0.1, 0.15) is 67.2 Å². The summed E-state index contributed by atoms with van der Waals surface area (Å²) in [4.78, 5) is 79.4. The Labute approximate surface area is 276 Å². The van der Waals surface area contributed by atoms with E-state index in [1.165, 1.54) is 26.0 Å². The Balaban J connectivity index is 1.83. The van der Waals surface area contributed by atoms with Gasteiger partial charge in [0, 0.05) is 38.5 Å². The zero-order valence-corrected chi connectivity index (χ0v) is 27.8. The standard InChI is InChI=1S/C33H43NO14/c1-15-19-12-33(43)28(47-23(40)10-8-7-9-22(39)34-13-18(37)29(42)46-19)26-31(6,20(38)11-21-32(26,14-44-21)48-17(3)36)27(41)25(45-16(2)35)24(15)30(33,4)5/h7-8,18-21,25-26,28,37-38,43H,9-14H2,1-6H3,(H,34,39)/b8-7+/t18-,19-,20-,21+,25-,26-,28-,31+,32-,33+/m0/s1. The van der Waals surface area contributed by atoms with Gasteiger partial charge in [-0.25, -0.2) is 4.79 Å². The van der Waals surface area contributed by atoms with Gasteiger partial charge in [-0.15, -0.1) is 0 Å². The van der Waals surface area contributed by atoms with E-state index < -0.39 is 113 Å². The summed E-state index contributed by atoms with van der Waals surface area (Å²) in [6, 6.07) is 0. The molecule has 1 amide bonds. The molecule has 15 heteroatoms. The minimum absolute atomic E-state index is 0.0412. The summed E-state index contributed by atoms with van der Waals surface area (Å²) >= 11 is 0. The van der Waals surface area contributed by atoms with E-state index in [0.717, 1.165) is 13.8 Å². The number of rotatable bonds is 2. The van der Waals surface area contributed by atoms with E-state index >= 15 is 4.79 Å². The lowest BCUT2D eigenvalue weighted by atomic mass is 9.44. The van der Waals surface area contributed by atoms with E-state index in [1.807, 2.05) is 0 Å². The van der Waals surface area contributed by atoms with Gasteiger partial charge in [-0.05, 0) is 25.0 Å². The van der Waals surface area contributed by atoms with Gasteiger partial charge in [-0.2, -0.15) is 0 Å². The second-order valence-electron chi connectivity index (χ2n) is 14.1. The van der Waals surface area contributed by atoms with E-state index in [1.54, 1.807) is 13.8 Å². The third kappa shape index (κ3) is 5.44. The maximum absolute atomic E-state index is 15.0. The number of Topliss-reactive ketones (excluding diaryl/α,β-unsaturated/α-hetero) is 1. The summed E-state index contributed by atoms with van der Waals surface area (Å²) in [7, 11) is 0. The zero-order chi connectivity index (χ0) is 35.6. The molecule has 0 radical (unpaired) electrons. The molecule has 10 atom stereocenters. The highest BCUT2D eigenvalue weighted by atomic mass is 16.6. The summed E-state index contributed by atoms with van der Waals surface area (Å²) in [5.74, 6) is -6.52. The third-order valence-electron chi connectivity index (χ3n) is 11.0. The molecule has 3 bridgehead atoms. The van der Waals surface area contributed by atoms with E-state index in [0.29, 0.717) is 0 Å². The molecule has 0 aromatic carbocycles. The Morgan fingerprint density at radius 3 is 2.27 bits per heavy atom. The molecule has 3 fully saturated rings. The molecule has 4 N–H and O–H groups in total. The highest BCUT2D eigenvalue weighted by Gasteiger charge is 2.78. The van der Waals surface area contributed by atoms with Crippen LogP contribution in [0.25, 0.3) is 0 Å². The number of ketones is 1. The molecule has 5 aliphatic rings. The van der Waals surface area contributed by atoms with Crippen molar-refractivity contribution < 1.29 is 67.8 Å². The average Bonchev–Trinajstić information content (AvgIpc) is 2.98. The molecular weight excluding hydrogens is 634 g/mol. The predicted molar refractivity (Wildman–Crippen MR) is 160 cm³/mol. The van der Waals surface area contributed by atoms with E-state index in [-0.39, 0.29) is 37.0 Å². The normalized spacial score (nSPS) is 42.0. The van der Waals surface area contributed by atoms with Crippen molar-refractivity contribution in [1.82, 2.24) is 5.32 Å². The minimum atomic E-state index is -2.27. The number of fused-ring (bicyclic) bond motifs is 6. The molecule has 0 aromatic heterocycles. The van der Waals surface area contributed by atoms with Crippen molar-refractivity contribution in [2.45, 2.75) is 115 Å². The quantitative estimate of drug-likeness (QED) is 0.168. The van der Waals surface area contributed by atoms with Gasteiger partial charge in [-0.1, -0.05) is 26.0 Å². The average molecular weight is 678 g/mol. The maximum atomic E-state index is 15.0. The Kier molecular flexibility index (Phi) is 9.16. The molecule has 2 heterocycles. The third-order valence-corrected chi connectivity index (χ3v) is 11.0. The molecule has 264 valence electrons. The Morgan fingerprint density at radius 1 is 1.00 bits per heavy atom. The Hall–Kier alpha value is -3.66. The summed E-state index contributed by atoms with van der Waals surface area (Å²) in [6.07, 6.45) is -7.61. The second-order valence-corrected chi connectivity index (χ2v) is 14.1. The fourth-order valence-corrected chi connectivity index (χ4v) is 8.40.